The molecule has 1 aliphatic carbocycles. The smallest absolute Gasteiger partial charge is 0.412 e. The van der Waals surface area contributed by atoms with Crippen molar-refractivity contribution in [2.45, 2.75) is 52.2 Å². The third kappa shape index (κ3) is 4.21. The molecule has 114 valence electrons. The molecule has 2 N–H and O–H groups in total. The Morgan fingerprint density at radius 1 is 1.29 bits per heavy atom. The van der Waals surface area contributed by atoms with Crippen LogP contribution in [0.2, 0.25) is 0 Å². The Morgan fingerprint density at radius 3 is 2.62 bits per heavy atom. The van der Waals surface area contributed by atoms with Crippen molar-refractivity contribution in [1.82, 2.24) is 5.32 Å². The van der Waals surface area contributed by atoms with Gasteiger partial charge in [-0.05, 0) is 56.9 Å². The van der Waals surface area contributed by atoms with E-state index in [4.69, 9.17) is 4.74 Å². The summed E-state index contributed by atoms with van der Waals surface area (Å²) in [5.41, 5.74) is 2.48. The number of rotatable bonds is 2. The summed E-state index contributed by atoms with van der Waals surface area (Å²) in [6, 6.07) is 5.81. The number of carbonyl (C=O) groups is 2. The molecule has 0 saturated heterocycles. The van der Waals surface area contributed by atoms with Crippen LogP contribution in [0.25, 0.3) is 0 Å². The molecule has 1 aromatic rings. The number of carbonyl (C=O) groups excluding carboxylic acids is 2. The lowest BCUT2D eigenvalue weighted by Crippen LogP contribution is -2.27. The Kier molecular flexibility index (Phi) is 4.21. The Labute approximate surface area is 125 Å². The van der Waals surface area contributed by atoms with Crippen LogP contribution < -0.4 is 10.6 Å². The van der Waals surface area contributed by atoms with Gasteiger partial charge in [0.25, 0.3) is 0 Å². The van der Waals surface area contributed by atoms with E-state index in [0.29, 0.717) is 5.69 Å². The van der Waals surface area contributed by atoms with Gasteiger partial charge in [-0.25, -0.2) is 4.79 Å². The van der Waals surface area contributed by atoms with Crippen molar-refractivity contribution in [2.75, 3.05) is 5.32 Å². The molecule has 0 spiro atoms. The van der Waals surface area contributed by atoms with E-state index in [0.717, 1.165) is 24.0 Å². The van der Waals surface area contributed by atoms with Gasteiger partial charge in [0.2, 0.25) is 5.91 Å². The predicted molar refractivity (Wildman–Crippen MR) is 81.2 cm³/mol. The number of hydrogen-bond donors (Lipinski definition) is 2. The third-order valence-corrected chi connectivity index (χ3v) is 3.24. The van der Waals surface area contributed by atoms with E-state index < -0.39 is 11.7 Å². The molecule has 0 aliphatic heterocycles. The first-order valence-electron chi connectivity index (χ1n) is 7.14. The van der Waals surface area contributed by atoms with Gasteiger partial charge in [-0.15, -0.1) is 0 Å². The zero-order chi connectivity index (χ0) is 15.6. The molecule has 0 aromatic heterocycles. The van der Waals surface area contributed by atoms with Gasteiger partial charge in [0.05, 0.1) is 6.04 Å². The highest BCUT2D eigenvalue weighted by atomic mass is 16.6. The average molecular weight is 290 g/mol. The monoisotopic (exact) mass is 290 g/mol. The van der Waals surface area contributed by atoms with Crippen LogP contribution in [-0.4, -0.2) is 17.6 Å². The minimum absolute atomic E-state index is 0.0243. The first kappa shape index (κ1) is 15.4. The second kappa shape index (κ2) is 5.76. The summed E-state index contributed by atoms with van der Waals surface area (Å²) < 4.78 is 5.23. The summed E-state index contributed by atoms with van der Waals surface area (Å²) in [7, 11) is 0. The van der Waals surface area contributed by atoms with Crippen molar-refractivity contribution in [2.24, 2.45) is 0 Å². The molecular formula is C16H22N2O3. The van der Waals surface area contributed by atoms with Crippen molar-refractivity contribution >= 4 is 17.7 Å². The summed E-state index contributed by atoms with van der Waals surface area (Å²) in [6.07, 6.45) is 1.33. The van der Waals surface area contributed by atoms with Crippen LogP contribution in [0, 0.1) is 0 Å². The van der Waals surface area contributed by atoms with Gasteiger partial charge >= 0.3 is 6.09 Å². The predicted octanol–water partition coefficient (Wildman–Crippen LogP) is 3.16. The van der Waals surface area contributed by atoms with E-state index in [9.17, 15) is 9.59 Å². The van der Waals surface area contributed by atoms with Crippen molar-refractivity contribution in [3.63, 3.8) is 0 Å². The van der Waals surface area contributed by atoms with Gasteiger partial charge < -0.3 is 10.1 Å². The highest BCUT2D eigenvalue weighted by Gasteiger charge is 2.23. The highest BCUT2D eigenvalue weighted by Crippen LogP contribution is 2.33. The first-order valence-corrected chi connectivity index (χ1v) is 7.14. The SMILES string of the molecule is CC(=O)NC1CCc2cc(NC(=O)OC(C)(C)C)ccc21. The number of ether oxygens (including phenoxy) is 1. The Hall–Kier alpha value is -2.04. The van der Waals surface area contributed by atoms with Crippen LogP contribution >= 0.6 is 0 Å². The molecule has 1 atom stereocenters. The summed E-state index contributed by atoms with van der Waals surface area (Å²) in [4.78, 5) is 22.9. The van der Waals surface area contributed by atoms with Gasteiger partial charge in [-0.2, -0.15) is 0 Å². The molecular weight excluding hydrogens is 268 g/mol. The number of fused-ring (bicyclic) bond motifs is 1. The molecule has 21 heavy (non-hydrogen) atoms. The Bertz CT molecular complexity index is 561. The summed E-state index contributed by atoms with van der Waals surface area (Å²) in [6.45, 7) is 7.00. The first-order chi connectivity index (χ1) is 9.74. The van der Waals surface area contributed by atoms with Gasteiger partial charge in [0.15, 0.2) is 0 Å². The maximum absolute atomic E-state index is 11.7. The average Bonchev–Trinajstić information content (AvgIpc) is 2.68. The van der Waals surface area contributed by atoms with Crippen molar-refractivity contribution in [3.05, 3.63) is 29.3 Å². The molecule has 0 fully saturated rings. The van der Waals surface area contributed by atoms with E-state index in [1.54, 1.807) is 0 Å². The molecule has 1 aliphatic rings. The van der Waals surface area contributed by atoms with Gasteiger partial charge in [0, 0.05) is 12.6 Å². The minimum Gasteiger partial charge on any atom is -0.444 e. The number of amides is 2. The zero-order valence-electron chi connectivity index (χ0n) is 12.9. The quantitative estimate of drug-likeness (QED) is 0.879. The summed E-state index contributed by atoms with van der Waals surface area (Å²) >= 11 is 0. The fourth-order valence-electron chi connectivity index (χ4n) is 2.51. The van der Waals surface area contributed by atoms with Gasteiger partial charge in [-0.1, -0.05) is 6.07 Å². The maximum atomic E-state index is 11.7. The highest BCUT2D eigenvalue weighted by molar-refractivity contribution is 5.85. The van der Waals surface area contributed by atoms with Gasteiger partial charge in [0.1, 0.15) is 5.60 Å². The summed E-state index contributed by atoms with van der Waals surface area (Å²) in [5.74, 6) is -0.0243. The lowest BCUT2D eigenvalue weighted by molar-refractivity contribution is -0.119. The number of hydrogen-bond acceptors (Lipinski definition) is 3. The maximum Gasteiger partial charge on any atom is 0.412 e. The van der Waals surface area contributed by atoms with Crippen LogP contribution in [0.4, 0.5) is 10.5 Å². The van der Waals surface area contributed by atoms with Crippen LogP contribution in [0.15, 0.2) is 18.2 Å². The summed E-state index contributed by atoms with van der Waals surface area (Å²) in [5, 5.41) is 5.67. The molecule has 0 radical (unpaired) electrons. The number of benzene rings is 1. The van der Waals surface area contributed by atoms with E-state index in [2.05, 4.69) is 10.6 Å². The molecule has 1 aromatic carbocycles. The van der Waals surface area contributed by atoms with E-state index in [-0.39, 0.29) is 11.9 Å². The van der Waals surface area contributed by atoms with E-state index in [1.165, 1.54) is 6.92 Å². The van der Waals surface area contributed by atoms with E-state index in [1.807, 2.05) is 39.0 Å². The standard InChI is InChI=1S/C16H22N2O3/c1-10(19)17-14-8-5-11-9-12(6-7-13(11)14)18-15(20)21-16(2,3)4/h6-7,9,14H,5,8H2,1-4H3,(H,17,19)(H,18,20). The lowest BCUT2D eigenvalue weighted by atomic mass is 10.1. The largest absolute Gasteiger partial charge is 0.444 e. The molecule has 0 saturated carbocycles. The Balaban J connectivity index is 2.06. The number of aryl methyl sites for hydroxylation is 1. The molecule has 5 nitrogen and oxygen atoms in total. The fourth-order valence-corrected chi connectivity index (χ4v) is 2.51. The second-order valence-electron chi connectivity index (χ2n) is 6.33. The van der Waals surface area contributed by atoms with Crippen LogP contribution in [0.5, 0.6) is 0 Å². The van der Waals surface area contributed by atoms with Crippen molar-refractivity contribution in [3.8, 4) is 0 Å². The van der Waals surface area contributed by atoms with Crippen LogP contribution in [0.3, 0.4) is 0 Å². The molecule has 5 heteroatoms. The lowest BCUT2D eigenvalue weighted by Gasteiger charge is -2.20. The Morgan fingerprint density at radius 2 is 2.00 bits per heavy atom. The zero-order valence-corrected chi connectivity index (χ0v) is 12.9. The molecule has 2 rings (SSSR count). The molecule has 0 bridgehead atoms. The molecule has 0 heterocycles. The van der Waals surface area contributed by atoms with E-state index >= 15 is 0 Å². The number of nitrogens with one attached hydrogen (secondary N) is 2. The fraction of sp³-hybridized carbons (Fsp3) is 0.500. The topological polar surface area (TPSA) is 67.4 Å². The van der Waals surface area contributed by atoms with Crippen molar-refractivity contribution < 1.29 is 14.3 Å². The van der Waals surface area contributed by atoms with Crippen molar-refractivity contribution in [1.29, 1.82) is 0 Å². The number of anilines is 1. The normalized spacial score (nSPS) is 17.0. The second-order valence-corrected chi connectivity index (χ2v) is 6.33. The third-order valence-electron chi connectivity index (χ3n) is 3.24. The van der Waals surface area contributed by atoms with Crippen LogP contribution in [-0.2, 0) is 16.0 Å². The molecule has 1 unspecified atom stereocenters. The molecule has 2 amide bonds. The minimum atomic E-state index is -0.517. The van der Waals surface area contributed by atoms with Crippen LogP contribution in [0.1, 0.15) is 51.3 Å². The van der Waals surface area contributed by atoms with Gasteiger partial charge in [-0.3, -0.25) is 10.1 Å².